The first-order valence-corrected chi connectivity index (χ1v) is 9.23. The molecular formula is C20H19BrN2O. The van der Waals surface area contributed by atoms with Crippen molar-refractivity contribution in [2.24, 2.45) is 5.41 Å². The third kappa shape index (κ3) is 2.43. The van der Waals surface area contributed by atoms with Gasteiger partial charge in [0.25, 0.3) is 0 Å². The summed E-state index contributed by atoms with van der Waals surface area (Å²) < 4.78 is 6.54. The van der Waals surface area contributed by atoms with Crippen LogP contribution in [0.4, 0.5) is 0 Å². The summed E-state index contributed by atoms with van der Waals surface area (Å²) >= 11 is 3.61. The lowest BCUT2D eigenvalue weighted by Gasteiger charge is -2.34. The van der Waals surface area contributed by atoms with Crippen LogP contribution in [0.15, 0.2) is 33.3 Å². The summed E-state index contributed by atoms with van der Waals surface area (Å²) in [5.41, 5.74) is 6.73. The summed E-state index contributed by atoms with van der Waals surface area (Å²) in [6.45, 7) is 2.02. The predicted molar refractivity (Wildman–Crippen MR) is 96.4 cm³/mol. The SMILES string of the molecule is Cc1onc2c1CC1(CC2)Cc2ccc(Br)cc2/C1=C/CCC#N. The minimum Gasteiger partial charge on any atom is -0.361 e. The van der Waals surface area contributed by atoms with Crippen LogP contribution in [0.25, 0.3) is 5.57 Å². The second kappa shape index (κ2) is 5.89. The summed E-state index contributed by atoms with van der Waals surface area (Å²) in [6, 6.07) is 8.86. The normalized spacial score (nSPS) is 23.3. The molecule has 1 aromatic carbocycles. The van der Waals surface area contributed by atoms with Crippen LogP contribution in [0.1, 0.15) is 47.4 Å². The van der Waals surface area contributed by atoms with E-state index in [9.17, 15) is 0 Å². The first-order valence-electron chi connectivity index (χ1n) is 8.43. The average molecular weight is 383 g/mol. The fourth-order valence-corrected chi connectivity index (χ4v) is 4.69. The van der Waals surface area contributed by atoms with Crippen LogP contribution in [0, 0.1) is 23.7 Å². The molecule has 0 amide bonds. The highest BCUT2D eigenvalue weighted by molar-refractivity contribution is 9.10. The number of hydrogen-bond acceptors (Lipinski definition) is 3. The zero-order chi connectivity index (χ0) is 16.7. The van der Waals surface area contributed by atoms with Crippen LogP contribution < -0.4 is 0 Å². The lowest BCUT2D eigenvalue weighted by Crippen LogP contribution is -2.29. The minimum absolute atomic E-state index is 0.127. The Labute approximate surface area is 150 Å². The molecule has 1 spiro atoms. The molecule has 2 aliphatic carbocycles. The molecule has 3 nitrogen and oxygen atoms in total. The topological polar surface area (TPSA) is 49.8 Å². The number of benzene rings is 1. The number of aryl methyl sites for hydroxylation is 2. The fourth-order valence-electron chi connectivity index (χ4n) is 4.33. The highest BCUT2D eigenvalue weighted by atomic mass is 79.9. The molecule has 1 aromatic heterocycles. The molecule has 0 N–H and O–H groups in total. The summed E-state index contributed by atoms with van der Waals surface area (Å²) in [7, 11) is 0. The predicted octanol–water partition coefficient (Wildman–Crippen LogP) is 5.16. The van der Waals surface area contributed by atoms with E-state index in [4.69, 9.17) is 9.78 Å². The van der Waals surface area contributed by atoms with Gasteiger partial charge in [0.2, 0.25) is 0 Å². The first-order chi connectivity index (χ1) is 11.6. The molecular weight excluding hydrogens is 364 g/mol. The molecule has 1 atom stereocenters. The maximum absolute atomic E-state index is 8.91. The Hall–Kier alpha value is -1.86. The monoisotopic (exact) mass is 382 g/mol. The van der Waals surface area contributed by atoms with E-state index in [-0.39, 0.29) is 5.41 Å². The quantitative estimate of drug-likeness (QED) is 0.673. The van der Waals surface area contributed by atoms with Gasteiger partial charge in [-0.1, -0.05) is 33.2 Å². The molecule has 2 aromatic rings. The van der Waals surface area contributed by atoms with E-state index in [1.807, 2.05) is 6.92 Å². The Balaban J connectivity index is 1.79. The molecule has 1 heterocycles. The van der Waals surface area contributed by atoms with Gasteiger partial charge in [0.05, 0.1) is 11.8 Å². The number of aromatic nitrogens is 1. The molecule has 1 unspecified atom stereocenters. The van der Waals surface area contributed by atoms with Crippen LogP contribution in [0.2, 0.25) is 0 Å². The number of nitrogens with zero attached hydrogens (tertiary/aromatic N) is 2. The van der Waals surface area contributed by atoms with Crippen molar-refractivity contribution in [1.29, 1.82) is 5.26 Å². The van der Waals surface area contributed by atoms with E-state index in [2.05, 4.69) is 51.4 Å². The molecule has 24 heavy (non-hydrogen) atoms. The van der Waals surface area contributed by atoms with Gasteiger partial charge in [0.1, 0.15) is 5.76 Å². The maximum Gasteiger partial charge on any atom is 0.137 e. The summed E-state index contributed by atoms with van der Waals surface area (Å²) in [6.07, 6.45) is 7.80. The highest BCUT2D eigenvalue weighted by Crippen LogP contribution is 2.54. The molecule has 0 saturated heterocycles. The van der Waals surface area contributed by atoms with E-state index < -0.39 is 0 Å². The number of halogens is 1. The molecule has 0 bridgehead atoms. The zero-order valence-electron chi connectivity index (χ0n) is 13.7. The number of rotatable bonds is 2. The number of hydrogen-bond donors (Lipinski definition) is 0. The van der Waals surface area contributed by atoms with Crippen molar-refractivity contribution < 1.29 is 4.52 Å². The summed E-state index contributed by atoms with van der Waals surface area (Å²) in [5.74, 6) is 0.956. The van der Waals surface area contributed by atoms with Crippen LogP contribution in [0.3, 0.4) is 0 Å². The minimum atomic E-state index is 0.127. The fraction of sp³-hybridized carbons (Fsp3) is 0.400. The lowest BCUT2D eigenvalue weighted by atomic mass is 9.68. The zero-order valence-corrected chi connectivity index (χ0v) is 15.3. The highest BCUT2D eigenvalue weighted by Gasteiger charge is 2.45. The number of allylic oxidation sites excluding steroid dienone is 2. The van der Waals surface area contributed by atoms with Crippen LogP contribution in [-0.4, -0.2) is 5.16 Å². The van der Waals surface area contributed by atoms with Gasteiger partial charge in [-0.3, -0.25) is 0 Å². The summed E-state index contributed by atoms with van der Waals surface area (Å²) in [5, 5.41) is 13.1. The Morgan fingerprint density at radius 3 is 3.12 bits per heavy atom. The molecule has 2 aliphatic rings. The lowest BCUT2D eigenvalue weighted by molar-refractivity contribution is 0.352. The van der Waals surface area contributed by atoms with Gasteiger partial charge in [0, 0.05) is 21.9 Å². The van der Waals surface area contributed by atoms with Crippen molar-refractivity contribution >= 4 is 21.5 Å². The van der Waals surface area contributed by atoms with Gasteiger partial charge in [-0.25, -0.2) is 0 Å². The Kier molecular flexibility index (Phi) is 3.85. The first kappa shape index (κ1) is 15.7. The average Bonchev–Trinajstić information content (AvgIpc) is 3.07. The van der Waals surface area contributed by atoms with Crippen molar-refractivity contribution in [2.45, 2.75) is 45.4 Å². The van der Waals surface area contributed by atoms with Gasteiger partial charge in [0.15, 0.2) is 0 Å². The van der Waals surface area contributed by atoms with Crippen LogP contribution in [0.5, 0.6) is 0 Å². The van der Waals surface area contributed by atoms with Crippen molar-refractivity contribution in [3.05, 3.63) is 56.9 Å². The largest absolute Gasteiger partial charge is 0.361 e. The second-order valence-electron chi connectivity index (χ2n) is 6.91. The van der Waals surface area contributed by atoms with E-state index in [0.29, 0.717) is 6.42 Å². The van der Waals surface area contributed by atoms with E-state index in [1.165, 1.54) is 22.3 Å². The second-order valence-corrected chi connectivity index (χ2v) is 7.83. The number of nitriles is 1. The molecule has 0 aliphatic heterocycles. The third-order valence-electron chi connectivity index (χ3n) is 5.49. The third-order valence-corrected chi connectivity index (χ3v) is 5.98. The molecule has 4 heteroatoms. The Morgan fingerprint density at radius 1 is 1.42 bits per heavy atom. The van der Waals surface area contributed by atoms with Crippen molar-refractivity contribution in [3.63, 3.8) is 0 Å². The maximum atomic E-state index is 8.91. The van der Waals surface area contributed by atoms with Crippen molar-refractivity contribution in [1.82, 2.24) is 5.16 Å². The molecule has 0 saturated carbocycles. The van der Waals surface area contributed by atoms with Crippen LogP contribution >= 0.6 is 15.9 Å². The standard InChI is InChI=1S/C20H19BrN2O/c1-13-17-12-20(8-7-19(17)23-24-13)11-14-5-6-15(21)10-16(14)18(20)4-2-3-9-22/h4-6,10H,2-3,7-8,11-12H2,1H3/b18-4-. The van der Waals surface area contributed by atoms with Gasteiger partial charge in [-0.2, -0.15) is 5.26 Å². The van der Waals surface area contributed by atoms with Crippen LogP contribution in [-0.2, 0) is 19.3 Å². The smallest absolute Gasteiger partial charge is 0.137 e. The Morgan fingerprint density at radius 2 is 2.29 bits per heavy atom. The Bertz CT molecular complexity index is 874. The van der Waals surface area contributed by atoms with E-state index >= 15 is 0 Å². The van der Waals surface area contributed by atoms with Gasteiger partial charge < -0.3 is 4.52 Å². The molecule has 122 valence electrons. The number of fused-ring (bicyclic) bond motifs is 2. The van der Waals surface area contributed by atoms with E-state index in [0.717, 1.165) is 48.0 Å². The van der Waals surface area contributed by atoms with Gasteiger partial charge in [-0.05, 0) is 67.9 Å². The van der Waals surface area contributed by atoms with Gasteiger partial charge in [-0.15, -0.1) is 0 Å². The summed E-state index contributed by atoms with van der Waals surface area (Å²) in [4.78, 5) is 0. The van der Waals surface area contributed by atoms with Crippen molar-refractivity contribution in [3.8, 4) is 6.07 Å². The molecule has 0 radical (unpaired) electrons. The van der Waals surface area contributed by atoms with Gasteiger partial charge >= 0.3 is 0 Å². The van der Waals surface area contributed by atoms with Crippen molar-refractivity contribution in [2.75, 3.05) is 0 Å². The number of unbranched alkanes of at least 4 members (excludes halogenated alkanes) is 1. The molecule has 4 rings (SSSR count). The molecule has 0 fully saturated rings. The van der Waals surface area contributed by atoms with E-state index in [1.54, 1.807) is 0 Å².